The van der Waals surface area contributed by atoms with Crippen LogP contribution in [0.4, 0.5) is 0 Å². The molecule has 0 aliphatic rings. The number of likely N-dealkylation sites (N-methyl/N-ethyl adjacent to an activating group) is 1. The molecule has 0 aliphatic heterocycles. The van der Waals surface area contributed by atoms with Crippen LogP contribution in [0.2, 0.25) is 0 Å². The molecule has 0 heterocycles. The molecule has 0 aromatic rings. The third kappa shape index (κ3) is 5.62. The average Bonchev–Trinajstić information content (AvgIpc) is 2.26. The fraction of sp³-hybridized carbons (Fsp3) is 1.00. The molecule has 0 radical (unpaired) electrons. The fourth-order valence-corrected chi connectivity index (χ4v) is 2.92. The van der Waals surface area contributed by atoms with Crippen molar-refractivity contribution < 1.29 is 9.84 Å². The zero-order valence-corrected chi connectivity index (χ0v) is 12.6. The summed E-state index contributed by atoms with van der Waals surface area (Å²) in [7, 11) is 3.67. The van der Waals surface area contributed by atoms with E-state index in [-0.39, 0.29) is 0 Å². The largest absolute Gasteiger partial charge is 0.389 e. The second kappa shape index (κ2) is 8.45. The molecule has 0 fully saturated rings. The van der Waals surface area contributed by atoms with Crippen molar-refractivity contribution in [2.75, 3.05) is 39.2 Å². The SMILES string of the molecule is CCC(CC)(CBr)CN(C)CC(O)COC. The lowest BCUT2D eigenvalue weighted by atomic mass is 9.84. The maximum Gasteiger partial charge on any atom is 0.0899 e. The number of nitrogens with zero attached hydrogens (tertiary/aromatic N) is 1. The van der Waals surface area contributed by atoms with Crippen LogP contribution in [0.1, 0.15) is 26.7 Å². The van der Waals surface area contributed by atoms with Crippen LogP contribution in [0.15, 0.2) is 0 Å². The van der Waals surface area contributed by atoms with Gasteiger partial charge in [0.2, 0.25) is 0 Å². The Balaban J connectivity index is 4.14. The smallest absolute Gasteiger partial charge is 0.0899 e. The lowest BCUT2D eigenvalue weighted by Gasteiger charge is -2.34. The van der Waals surface area contributed by atoms with Gasteiger partial charge >= 0.3 is 0 Å². The fourth-order valence-electron chi connectivity index (χ4n) is 1.95. The van der Waals surface area contributed by atoms with Gasteiger partial charge in [-0.05, 0) is 25.3 Å². The van der Waals surface area contributed by atoms with Crippen molar-refractivity contribution in [3.8, 4) is 0 Å². The van der Waals surface area contributed by atoms with Crippen LogP contribution >= 0.6 is 15.9 Å². The van der Waals surface area contributed by atoms with Crippen LogP contribution in [0.3, 0.4) is 0 Å². The lowest BCUT2D eigenvalue weighted by Crippen LogP contribution is -2.40. The molecule has 0 saturated heterocycles. The number of aliphatic hydroxyl groups is 1. The van der Waals surface area contributed by atoms with E-state index in [1.165, 1.54) is 0 Å². The average molecular weight is 296 g/mol. The first-order valence-corrected chi connectivity index (χ1v) is 7.07. The first-order valence-electron chi connectivity index (χ1n) is 5.95. The molecule has 16 heavy (non-hydrogen) atoms. The van der Waals surface area contributed by atoms with Crippen molar-refractivity contribution in [3.05, 3.63) is 0 Å². The van der Waals surface area contributed by atoms with E-state index in [2.05, 4.69) is 41.7 Å². The van der Waals surface area contributed by atoms with Crippen LogP contribution < -0.4 is 0 Å². The molecule has 0 spiro atoms. The molecule has 3 nitrogen and oxygen atoms in total. The highest BCUT2D eigenvalue weighted by Crippen LogP contribution is 2.29. The van der Waals surface area contributed by atoms with E-state index < -0.39 is 6.10 Å². The van der Waals surface area contributed by atoms with E-state index in [4.69, 9.17) is 4.74 Å². The standard InChI is InChI=1S/C12H26BrNO2/c1-5-12(6-2,9-13)10-14(3)7-11(15)8-16-4/h11,15H,5-10H2,1-4H3. The highest BCUT2D eigenvalue weighted by atomic mass is 79.9. The molecule has 0 amide bonds. The molecule has 4 heteroatoms. The Labute approximate surface area is 108 Å². The van der Waals surface area contributed by atoms with Gasteiger partial charge in [0.1, 0.15) is 0 Å². The molecular weight excluding hydrogens is 270 g/mol. The molecule has 98 valence electrons. The van der Waals surface area contributed by atoms with Crippen LogP contribution in [-0.4, -0.2) is 55.3 Å². The van der Waals surface area contributed by atoms with E-state index in [1.54, 1.807) is 7.11 Å². The van der Waals surface area contributed by atoms with Gasteiger partial charge in [-0.15, -0.1) is 0 Å². The number of alkyl halides is 1. The van der Waals surface area contributed by atoms with Crippen molar-refractivity contribution in [1.29, 1.82) is 0 Å². The zero-order chi connectivity index (χ0) is 12.6. The van der Waals surface area contributed by atoms with Crippen molar-refractivity contribution in [2.24, 2.45) is 5.41 Å². The van der Waals surface area contributed by atoms with Crippen molar-refractivity contribution in [2.45, 2.75) is 32.8 Å². The molecule has 0 rings (SSSR count). The minimum absolute atomic E-state index is 0.321. The summed E-state index contributed by atoms with van der Waals surface area (Å²) in [5, 5.41) is 10.7. The molecule has 0 saturated carbocycles. The van der Waals surface area contributed by atoms with Crippen molar-refractivity contribution >= 4 is 15.9 Å². The highest BCUT2D eigenvalue weighted by molar-refractivity contribution is 9.09. The third-order valence-corrected chi connectivity index (χ3v) is 4.46. The highest BCUT2D eigenvalue weighted by Gasteiger charge is 2.26. The van der Waals surface area contributed by atoms with Gasteiger partial charge in [0.25, 0.3) is 0 Å². The minimum atomic E-state index is -0.392. The maximum absolute atomic E-state index is 9.66. The Kier molecular flexibility index (Phi) is 8.64. The van der Waals surface area contributed by atoms with Crippen molar-refractivity contribution in [1.82, 2.24) is 4.90 Å². The Morgan fingerprint density at radius 1 is 1.38 bits per heavy atom. The monoisotopic (exact) mass is 295 g/mol. The predicted octanol–water partition coefficient (Wildman–Crippen LogP) is 2.13. The van der Waals surface area contributed by atoms with Crippen LogP contribution in [0.25, 0.3) is 0 Å². The summed E-state index contributed by atoms with van der Waals surface area (Å²) in [6.07, 6.45) is 1.91. The summed E-state index contributed by atoms with van der Waals surface area (Å²) >= 11 is 3.60. The van der Waals surface area contributed by atoms with Gasteiger partial charge in [-0.3, -0.25) is 0 Å². The number of hydrogen-bond acceptors (Lipinski definition) is 3. The van der Waals surface area contributed by atoms with Gasteiger partial charge in [0.05, 0.1) is 12.7 Å². The molecule has 1 atom stereocenters. The van der Waals surface area contributed by atoms with Crippen LogP contribution in [0.5, 0.6) is 0 Å². The summed E-state index contributed by atoms with van der Waals surface area (Å²) in [6, 6.07) is 0. The van der Waals surface area contributed by atoms with Crippen LogP contribution in [0, 0.1) is 5.41 Å². The van der Waals surface area contributed by atoms with E-state index in [9.17, 15) is 5.11 Å². The molecule has 1 N–H and O–H groups in total. The molecule has 0 aromatic carbocycles. The normalized spacial score (nSPS) is 14.4. The van der Waals surface area contributed by atoms with Crippen LogP contribution in [-0.2, 0) is 4.74 Å². The minimum Gasteiger partial charge on any atom is -0.389 e. The number of aliphatic hydroxyl groups excluding tert-OH is 1. The Morgan fingerprint density at radius 3 is 2.31 bits per heavy atom. The summed E-state index contributed by atoms with van der Waals surface area (Å²) < 4.78 is 4.93. The predicted molar refractivity (Wildman–Crippen MR) is 72.2 cm³/mol. The third-order valence-electron chi connectivity index (χ3n) is 3.27. The van der Waals surface area contributed by atoms with Gasteiger partial charge in [-0.25, -0.2) is 0 Å². The Morgan fingerprint density at radius 2 is 1.94 bits per heavy atom. The number of methoxy groups -OCH3 is 1. The summed E-state index contributed by atoms with van der Waals surface area (Å²) in [5.41, 5.74) is 0.321. The summed E-state index contributed by atoms with van der Waals surface area (Å²) in [6.45, 7) is 6.53. The maximum atomic E-state index is 9.66. The molecular formula is C12H26BrNO2. The van der Waals surface area contributed by atoms with Crippen molar-refractivity contribution in [3.63, 3.8) is 0 Å². The van der Waals surface area contributed by atoms with Gasteiger partial charge in [0, 0.05) is 25.5 Å². The van der Waals surface area contributed by atoms with Gasteiger partial charge in [-0.2, -0.15) is 0 Å². The lowest BCUT2D eigenvalue weighted by molar-refractivity contribution is 0.0344. The molecule has 0 bridgehead atoms. The first-order chi connectivity index (χ1) is 7.53. The Bertz CT molecular complexity index is 166. The second-order valence-electron chi connectivity index (χ2n) is 4.65. The second-order valence-corrected chi connectivity index (χ2v) is 5.21. The topological polar surface area (TPSA) is 32.7 Å². The Hall–Kier alpha value is 0.360. The summed E-state index contributed by atoms with van der Waals surface area (Å²) in [4.78, 5) is 2.19. The quantitative estimate of drug-likeness (QED) is 0.662. The zero-order valence-electron chi connectivity index (χ0n) is 11.0. The molecule has 0 aliphatic carbocycles. The van der Waals surface area contributed by atoms with E-state index in [1.807, 2.05) is 0 Å². The first kappa shape index (κ1) is 16.4. The van der Waals surface area contributed by atoms with Gasteiger partial charge in [-0.1, -0.05) is 29.8 Å². The van der Waals surface area contributed by atoms with E-state index >= 15 is 0 Å². The number of rotatable bonds is 9. The number of halogens is 1. The van der Waals surface area contributed by atoms with Gasteiger partial charge < -0.3 is 14.7 Å². The summed E-state index contributed by atoms with van der Waals surface area (Å²) in [5.74, 6) is 0. The molecule has 1 unspecified atom stereocenters. The van der Waals surface area contributed by atoms with Gasteiger partial charge in [0.15, 0.2) is 0 Å². The number of ether oxygens (including phenoxy) is 1. The molecule has 0 aromatic heterocycles. The van der Waals surface area contributed by atoms with E-state index in [0.717, 1.165) is 24.7 Å². The van der Waals surface area contributed by atoms with E-state index in [0.29, 0.717) is 18.6 Å². The number of hydrogen-bond donors (Lipinski definition) is 1.